The highest BCUT2D eigenvalue weighted by atomic mass is 35.5. The van der Waals surface area contributed by atoms with Gasteiger partial charge in [-0.2, -0.15) is 0 Å². The third-order valence-corrected chi connectivity index (χ3v) is 2.46. The van der Waals surface area contributed by atoms with Gasteiger partial charge in [-0.15, -0.1) is 0 Å². The highest BCUT2D eigenvalue weighted by Crippen LogP contribution is 2.28. The fourth-order valence-electron chi connectivity index (χ4n) is 1.69. The van der Waals surface area contributed by atoms with E-state index >= 15 is 0 Å². The molecule has 1 N–H and O–H groups in total. The van der Waals surface area contributed by atoms with Gasteiger partial charge in [-0.3, -0.25) is 4.79 Å². The maximum absolute atomic E-state index is 10.9. The van der Waals surface area contributed by atoms with Crippen LogP contribution in [-0.4, -0.2) is 30.6 Å². The van der Waals surface area contributed by atoms with E-state index in [2.05, 4.69) is 0 Å². The molecule has 0 amide bonds. The van der Waals surface area contributed by atoms with Crippen LogP contribution in [-0.2, 0) is 0 Å². The molecule has 1 aromatic rings. The van der Waals surface area contributed by atoms with Gasteiger partial charge in [0.25, 0.3) is 0 Å². The number of aldehydes is 1. The van der Waals surface area contributed by atoms with E-state index in [9.17, 15) is 9.90 Å². The largest absolute Gasteiger partial charge is 0.389 e. The first-order chi connectivity index (χ1) is 7.35. The molecule has 0 spiro atoms. The number of nitrogens with zero attached hydrogens (tertiary/aromatic N) is 1. The van der Waals surface area contributed by atoms with Gasteiger partial charge in [0, 0.05) is 19.2 Å². The average molecular weight is 242 g/mol. The SMILES string of the molecule is CN(CC(C)(C)O)c1c(Cl)cccc1C=O. The van der Waals surface area contributed by atoms with Crippen LogP contribution in [0.4, 0.5) is 5.69 Å². The van der Waals surface area contributed by atoms with Gasteiger partial charge in [0.05, 0.1) is 16.3 Å². The van der Waals surface area contributed by atoms with Crippen LogP contribution < -0.4 is 4.90 Å². The fraction of sp³-hybridized carbons (Fsp3) is 0.417. The minimum Gasteiger partial charge on any atom is -0.389 e. The fourth-order valence-corrected chi connectivity index (χ4v) is 2.02. The second-order valence-corrected chi connectivity index (χ2v) is 4.87. The number of aliphatic hydroxyl groups is 1. The van der Waals surface area contributed by atoms with Crippen LogP contribution in [0.5, 0.6) is 0 Å². The second-order valence-electron chi connectivity index (χ2n) is 4.46. The highest BCUT2D eigenvalue weighted by Gasteiger charge is 2.19. The summed E-state index contributed by atoms with van der Waals surface area (Å²) in [6.45, 7) is 3.82. The molecule has 0 aliphatic carbocycles. The summed E-state index contributed by atoms with van der Waals surface area (Å²) in [6, 6.07) is 5.16. The molecule has 3 nitrogen and oxygen atoms in total. The summed E-state index contributed by atoms with van der Waals surface area (Å²) in [4.78, 5) is 12.7. The third kappa shape index (κ3) is 3.22. The normalized spacial score (nSPS) is 11.3. The number of anilines is 1. The molecule has 0 heterocycles. The lowest BCUT2D eigenvalue weighted by Crippen LogP contribution is -2.36. The van der Waals surface area contributed by atoms with E-state index in [1.807, 2.05) is 0 Å². The Kier molecular flexibility index (Phi) is 3.94. The lowest BCUT2D eigenvalue weighted by atomic mass is 10.1. The van der Waals surface area contributed by atoms with Crippen molar-refractivity contribution in [3.05, 3.63) is 28.8 Å². The number of carbonyl (C=O) groups excluding carboxylic acids is 1. The Balaban J connectivity index is 3.07. The maximum Gasteiger partial charge on any atom is 0.152 e. The zero-order valence-electron chi connectivity index (χ0n) is 9.70. The van der Waals surface area contributed by atoms with Gasteiger partial charge in [0.2, 0.25) is 0 Å². The maximum atomic E-state index is 10.9. The Bertz CT molecular complexity index is 385. The zero-order chi connectivity index (χ0) is 12.3. The van der Waals surface area contributed by atoms with Crippen molar-refractivity contribution in [1.82, 2.24) is 0 Å². The molecule has 1 rings (SSSR count). The Morgan fingerprint density at radius 3 is 2.62 bits per heavy atom. The number of benzene rings is 1. The van der Waals surface area contributed by atoms with E-state index in [-0.39, 0.29) is 0 Å². The minimum absolute atomic E-state index is 0.400. The average Bonchev–Trinajstić information content (AvgIpc) is 2.14. The molecule has 4 heteroatoms. The minimum atomic E-state index is -0.839. The van der Waals surface area contributed by atoms with Gasteiger partial charge in [-0.05, 0) is 26.0 Å². The van der Waals surface area contributed by atoms with E-state index < -0.39 is 5.60 Å². The first kappa shape index (κ1) is 13.0. The van der Waals surface area contributed by atoms with Crippen LogP contribution in [0.15, 0.2) is 18.2 Å². The van der Waals surface area contributed by atoms with Crippen molar-refractivity contribution in [2.75, 3.05) is 18.5 Å². The molecule has 0 aromatic heterocycles. The first-order valence-electron chi connectivity index (χ1n) is 5.02. The van der Waals surface area contributed by atoms with E-state index in [0.29, 0.717) is 22.8 Å². The standard InChI is InChI=1S/C12H16ClNO2/c1-12(2,16)8-14(3)11-9(7-15)5-4-6-10(11)13/h4-7,16H,8H2,1-3H3. The summed E-state index contributed by atoms with van der Waals surface area (Å²) in [5.74, 6) is 0. The zero-order valence-corrected chi connectivity index (χ0v) is 10.5. The molecule has 0 bridgehead atoms. The van der Waals surface area contributed by atoms with Crippen molar-refractivity contribution in [3.8, 4) is 0 Å². The number of rotatable bonds is 4. The van der Waals surface area contributed by atoms with Gasteiger partial charge < -0.3 is 10.0 Å². The second kappa shape index (κ2) is 4.85. The van der Waals surface area contributed by atoms with E-state index in [4.69, 9.17) is 11.6 Å². The lowest BCUT2D eigenvalue weighted by Gasteiger charge is -2.28. The highest BCUT2D eigenvalue weighted by molar-refractivity contribution is 6.33. The van der Waals surface area contributed by atoms with Crippen LogP contribution >= 0.6 is 11.6 Å². The van der Waals surface area contributed by atoms with E-state index in [1.165, 1.54) is 0 Å². The Morgan fingerprint density at radius 1 is 1.50 bits per heavy atom. The van der Waals surface area contributed by atoms with Crippen LogP contribution in [0.2, 0.25) is 5.02 Å². The molecule has 88 valence electrons. The van der Waals surface area contributed by atoms with Crippen molar-refractivity contribution in [2.24, 2.45) is 0 Å². The number of likely N-dealkylation sites (N-methyl/N-ethyl adjacent to an activating group) is 1. The van der Waals surface area contributed by atoms with Crippen molar-refractivity contribution >= 4 is 23.6 Å². The van der Waals surface area contributed by atoms with Crippen molar-refractivity contribution in [1.29, 1.82) is 0 Å². The van der Waals surface area contributed by atoms with Gasteiger partial charge in [0.1, 0.15) is 0 Å². The number of hydrogen-bond donors (Lipinski definition) is 1. The van der Waals surface area contributed by atoms with Crippen LogP contribution in [0, 0.1) is 0 Å². The summed E-state index contributed by atoms with van der Waals surface area (Å²) in [6.07, 6.45) is 0.766. The molecule has 0 saturated heterocycles. The van der Waals surface area contributed by atoms with Crippen LogP contribution in [0.25, 0.3) is 0 Å². The molecule has 0 aliphatic heterocycles. The topological polar surface area (TPSA) is 40.5 Å². The molecule has 1 aromatic carbocycles. The van der Waals surface area contributed by atoms with Gasteiger partial charge in [0.15, 0.2) is 6.29 Å². The molecule has 16 heavy (non-hydrogen) atoms. The molecule has 0 fully saturated rings. The predicted molar refractivity (Wildman–Crippen MR) is 66.4 cm³/mol. The van der Waals surface area contributed by atoms with Crippen LogP contribution in [0.3, 0.4) is 0 Å². The van der Waals surface area contributed by atoms with Gasteiger partial charge in [-0.1, -0.05) is 17.7 Å². The molecule has 0 aliphatic rings. The third-order valence-electron chi connectivity index (χ3n) is 2.15. The molecule has 0 radical (unpaired) electrons. The van der Waals surface area contributed by atoms with Gasteiger partial charge in [-0.25, -0.2) is 0 Å². The molecular formula is C12H16ClNO2. The van der Waals surface area contributed by atoms with Gasteiger partial charge >= 0.3 is 0 Å². The number of halogens is 1. The van der Waals surface area contributed by atoms with E-state index in [1.54, 1.807) is 44.0 Å². The Morgan fingerprint density at radius 2 is 2.12 bits per heavy atom. The molecule has 0 atom stereocenters. The smallest absolute Gasteiger partial charge is 0.152 e. The molecule has 0 saturated carbocycles. The van der Waals surface area contributed by atoms with Crippen molar-refractivity contribution in [3.63, 3.8) is 0 Å². The number of para-hydroxylation sites is 1. The monoisotopic (exact) mass is 241 g/mol. The summed E-state index contributed by atoms with van der Waals surface area (Å²) >= 11 is 6.05. The summed E-state index contributed by atoms with van der Waals surface area (Å²) in [5, 5.41) is 10.2. The quantitative estimate of drug-likeness (QED) is 0.823. The predicted octanol–water partition coefficient (Wildman–Crippen LogP) is 2.36. The number of carbonyl (C=O) groups is 1. The first-order valence-corrected chi connectivity index (χ1v) is 5.40. The summed E-state index contributed by atoms with van der Waals surface area (Å²) < 4.78 is 0. The summed E-state index contributed by atoms with van der Waals surface area (Å²) in [7, 11) is 1.80. The Hall–Kier alpha value is -1.06. The number of hydrogen-bond acceptors (Lipinski definition) is 3. The lowest BCUT2D eigenvalue weighted by molar-refractivity contribution is 0.0884. The van der Waals surface area contributed by atoms with Crippen LogP contribution in [0.1, 0.15) is 24.2 Å². The van der Waals surface area contributed by atoms with Crippen molar-refractivity contribution < 1.29 is 9.90 Å². The summed E-state index contributed by atoms with van der Waals surface area (Å²) in [5.41, 5.74) is 0.342. The van der Waals surface area contributed by atoms with E-state index in [0.717, 1.165) is 6.29 Å². The molecular weight excluding hydrogens is 226 g/mol. The Labute approximate surface area is 101 Å². The molecule has 0 unspecified atom stereocenters. The van der Waals surface area contributed by atoms with Crippen molar-refractivity contribution in [2.45, 2.75) is 19.4 Å².